The van der Waals surface area contributed by atoms with E-state index in [2.05, 4.69) is 31.0 Å². The summed E-state index contributed by atoms with van der Waals surface area (Å²) in [6.45, 7) is 9.22. The lowest BCUT2D eigenvalue weighted by Gasteiger charge is -2.28. The highest BCUT2D eigenvalue weighted by Gasteiger charge is 2.41. The minimum Gasteiger partial charge on any atom is -0.340 e. The number of nitrogens with zero attached hydrogens (tertiary/aromatic N) is 1. The lowest BCUT2D eigenvalue weighted by Crippen LogP contribution is -2.41. The van der Waals surface area contributed by atoms with Crippen LogP contribution in [0.3, 0.4) is 0 Å². The summed E-state index contributed by atoms with van der Waals surface area (Å²) in [4.78, 5) is 14.3. The third kappa shape index (κ3) is 1.89. The Morgan fingerprint density at radius 1 is 1.47 bits per heavy atom. The Bertz CT molecular complexity index is 250. The molecule has 2 aliphatic heterocycles. The standard InChI is InChI=1S/C12H22N2O/c1-4-12(2,3)11(15)14-7-9-5-6-13-10(9)8-14/h9-10,13H,4-8H2,1-3H3. The molecule has 0 bridgehead atoms. The van der Waals surface area contributed by atoms with Crippen molar-refractivity contribution in [1.29, 1.82) is 0 Å². The lowest BCUT2D eigenvalue weighted by molar-refractivity contribution is -0.139. The zero-order valence-electron chi connectivity index (χ0n) is 10.0. The summed E-state index contributed by atoms with van der Waals surface area (Å²) in [5.74, 6) is 1.04. The first-order valence-corrected chi connectivity index (χ1v) is 6.07. The van der Waals surface area contributed by atoms with Crippen LogP contribution in [0.25, 0.3) is 0 Å². The van der Waals surface area contributed by atoms with Gasteiger partial charge in [-0.2, -0.15) is 0 Å². The molecule has 3 heteroatoms. The van der Waals surface area contributed by atoms with Crippen molar-refractivity contribution in [2.45, 2.75) is 39.7 Å². The first kappa shape index (κ1) is 10.9. The van der Waals surface area contributed by atoms with Crippen LogP contribution in [-0.2, 0) is 4.79 Å². The molecule has 2 aliphatic rings. The Hall–Kier alpha value is -0.570. The SMILES string of the molecule is CCC(C)(C)C(=O)N1CC2CCNC2C1. The Balaban J connectivity index is 1.99. The third-order valence-electron chi connectivity index (χ3n) is 4.11. The van der Waals surface area contributed by atoms with Gasteiger partial charge in [-0.3, -0.25) is 4.79 Å². The molecular weight excluding hydrogens is 188 g/mol. The number of hydrogen-bond acceptors (Lipinski definition) is 2. The predicted octanol–water partition coefficient (Wildman–Crippen LogP) is 1.24. The molecule has 0 saturated carbocycles. The Labute approximate surface area is 92.2 Å². The molecular formula is C12H22N2O. The molecule has 0 spiro atoms. The van der Waals surface area contributed by atoms with Gasteiger partial charge in [0, 0.05) is 24.5 Å². The number of likely N-dealkylation sites (tertiary alicyclic amines) is 1. The van der Waals surface area contributed by atoms with E-state index in [1.807, 2.05) is 0 Å². The largest absolute Gasteiger partial charge is 0.340 e. The topological polar surface area (TPSA) is 32.3 Å². The molecule has 86 valence electrons. The van der Waals surface area contributed by atoms with Gasteiger partial charge in [-0.25, -0.2) is 0 Å². The van der Waals surface area contributed by atoms with E-state index in [9.17, 15) is 4.79 Å². The van der Waals surface area contributed by atoms with Gasteiger partial charge in [0.15, 0.2) is 0 Å². The van der Waals surface area contributed by atoms with Gasteiger partial charge in [0.25, 0.3) is 0 Å². The van der Waals surface area contributed by atoms with Crippen LogP contribution in [0.1, 0.15) is 33.6 Å². The number of fused-ring (bicyclic) bond motifs is 1. The second-order valence-electron chi connectivity index (χ2n) is 5.56. The molecule has 2 unspecified atom stereocenters. The highest BCUT2D eigenvalue weighted by molar-refractivity contribution is 5.82. The molecule has 0 aromatic carbocycles. The van der Waals surface area contributed by atoms with Crippen LogP contribution in [0.15, 0.2) is 0 Å². The van der Waals surface area contributed by atoms with E-state index in [1.54, 1.807) is 0 Å². The second kappa shape index (κ2) is 3.78. The van der Waals surface area contributed by atoms with Crippen molar-refractivity contribution >= 4 is 5.91 Å². The van der Waals surface area contributed by atoms with Crippen molar-refractivity contribution in [3.8, 4) is 0 Å². The van der Waals surface area contributed by atoms with E-state index >= 15 is 0 Å². The van der Waals surface area contributed by atoms with Crippen molar-refractivity contribution in [2.75, 3.05) is 19.6 Å². The molecule has 0 aliphatic carbocycles. The summed E-state index contributed by atoms with van der Waals surface area (Å²) < 4.78 is 0. The summed E-state index contributed by atoms with van der Waals surface area (Å²) in [6.07, 6.45) is 2.16. The maximum Gasteiger partial charge on any atom is 0.228 e. The zero-order chi connectivity index (χ0) is 11.1. The van der Waals surface area contributed by atoms with Crippen LogP contribution in [0.5, 0.6) is 0 Å². The number of carbonyl (C=O) groups is 1. The fourth-order valence-corrected chi connectivity index (χ4v) is 2.59. The fourth-order valence-electron chi connectivity index (χ4n) is 2.59. The lowest BCUT2D eigenvalue weighted by atomic mass is 9.88. The van der Waals surface area contributed by atoms with Crippen molar-refractivity contribution in [3.05, 3.63) is 0 Å². The minimum absolute atomic E-state index is 0.182. The van der Waals surface area contributed by atoms with Crippen molar-refractivity contribution in [3.63, 3.8) is 0 Å². The molecule has 2 heterocycles. The van der Waals surface area contributed by atoms with E-state index in [0.717, 1.165) is 26.1 Å². The highest BCUT2D eigenvalue weighted by Crippen LogP contribution is 2.30. The maximum absolute atomic E-state index is 12.2. The van der Waals surface area contributed by atoms with Crippen molar-refractivity contribution in [2.24, 2.45) is 11.3 Å². The molecule has 3 nitrogen and oxygen atoms in total. The quantitative estimate of drug-likeness (QED) is 0.744. The molecule has 0 radical (unpaired) electrons. The Morgan fingerprint density at radius 2 is 2.20 bits per heavy atom. The number of carbonyl (C=O) groups excluding carboxylic acids is 1. The highest BCUT2D eigenvalue weighted by atomic mass is 16.2. The van der Waals surface area contributed by atoms with Crippen LogP contribution >= 0.6 is 0 Å². The van der Waals surface area contributed by atoms with Gasteiger partial charge in [0.05, 0.1) is 0 Å². The molecule has 2 atom stereocenters. The molecule has 2 fully saturated rings. The first-order chi connectivity index (χ1) is 7.04. The summed E-state index contributed by atoms with van der Waals surface area (Å²) in [6, 6.07) is 0.571. The number of rotatable bonds is 2. The first-order valence-electron chi connectivity index (χ1n) is 6.07. The summed E-state index contributed by atoms with van der Waals surface area (Å²) >= 11 is 0. The zero-order valence-corrected chi connectivity index (χ0v) is 10.0. The monoisotopic (exact) mass is 210 g/mol. The van der Waals surface area contributed by atoms with Crippen LogP contribution in [0, 0.1) is 11.3 Å². The molecule has 2 rings (SSSR count). The second-order valence-corrected chi connectivity index (χ2v) is 5.56. The Kier molecular flexibility index (Phi) is 2.75. The average molecular weight is 210 g/mol. The third-order valence-corrected chi connectivity index (χ3v) is 4.11. The summed E-state index contributed by atoms with van der Waals surface area (Å²) in [5.41, 5.74) is -0.182. The normalized spacial score (nSPS) is 30.7. The maximum atomic E-state index is 12.2. The number of hydrogen-bond donors (Lipinski definition) is 1. The van der Waals surface area contributed by atoms with E-state index < -0.39 is 0 Å². The molecule has 1 amide bonds. The summed E-state index contributed by atoms with van der Waals surface area (Å²) in [7, 11) is 0. The molecule has 0 aromatic rings. The van der Waals surface area contributed by atoms with Crippen LogP contribution in [0.4, 0.5) is 0 Å². The van der Waals surface area contributed by atoms with Crippen molar-refractivity contribution < 1.29 is 4.79 Å². The van der Waals surface area contributed by atoms with Crippen LogP contribution < -0.4 is 5.32 Å². The minimum atomic E-state index is -0.182. The fraction of sp³-hybridized carbons (Fsp3) is 0.917. The van der Waals surface area contributed by atoms with Crippen LogP contribution in [0.2, 0.25) is 0 Å². The average Bonchev–Trinajstić information content (AvgIpc) is 2.75. The number of amides is 1. The number of nitrogens with one attached hydrogen (secondary N) is 1. The predicted molar refractivity (Wildman–Crippen MR) is 60.5 cm³/mol. The smallest absolute Gasteiger partial charge is 0.228 e. The van der Waals surface area contributed by atoms with Gasteiger partial charge >= 0.3 is 0 Å². The molecule has 1 N–H and O–H groups in total. The van der Waals surface area contributed by atoms with Gasteiger partial charge < -0.3 is 10.2 Å². The van der Waals surface area contributed by atoms with Gasteiger partial charge in [0.2, 0.25) is 5.91 Å². The molecule has 2 saturated heterocycles. The van der Waals surface area contributed by atoms with E-state index in [1.165, 1.54) is 6.42 Å². The molecule has 15 heavy (non-hydrogen) atoms. The van der Waals surface area contributed by atoms with Gasteiger partial charge in [-0.1, -0.05) is 20.8 Å². The Morgan fingerprint density at radius 3 is 2.80 bits per heavy atom. The molecule has 0 aromatic heterocycles. The van der Waals surface area contributed by atoms with E-state index in [4.69, 9.17) is 0 Å². The van der Waals surface area contributed by atoms with E-state index in [-0.39, 0.29) is 5.41 Å². The summed E-state index contributed by atoms with van der Waals surface area (Å²) in [5, 5.41) is 3.48. The van der Waals surface area contributed by atoms with Crippen LogP contribution in [-0.4, -0.2) is 36.5 Å². The van der Waals surface area contributed by atoms with Gasteiger partial charge in [-0.05, 0) is 25.3 Å². The van der Waals surface area contributed by atoms with Crippen molar-refractivity contribution in [1.82, 2.24) is 10.2 Å². The van der Waals surface area contributed by atoms with E-state index in [0.29, 0.717) is 17.9 Å². The van der Waals surface area contributed by atoms with Gasteiger partial charge in [-0.15, -0.1) is 0 Å². The van der Waals surface area contributed by atoms with Gasteiger partial charge in [0.1, 0.15) is 0 Å².